The topological polar surface area (TPSA) is 165 Å². The number of rotatable bonds is 16. The van der Waals surface area contributed by atoms with Crippen LogP contribution in [-0.2, 0) is 53.5 Å². The summed E-state index contributed by atoms with van der Waals surface area (Å²) in [6.45, 7) is 16.1. The van der Waals surface area contributed by atoms with E-state index >= 15 is 0 Å². The molecule has 2 bridgehead atoms. The zero-order chi connectivity index (χ0) is 48.2. The van der Waals surface area contributed by atoms with Crippen LogP contribution in [0.4, 0.5) is 4.79 Å². The molecule has 5 rings (SSSR count). The lowest BCUT2D eigenvalue weighted by molar-refractivity contribution is -0.158. The molecule has 1 N–H and O–H groups in total. The molecule has 0 saturated heterocycles. The number of fused-ring (bicyclic) bond motifs is 10. The second-order valence-electron chi connectivity index (χ2n) is 18.2. The van der Waals surface area contributed by atoms with Crippen LogP contribution in [0.25, 0.3) is 0 Å². The fraction of sp³-hybridized carbons (Fsp3) is 0.543. The lowest BCUT2D eigenvalue weighted by atomic mass is 9.88. The van der Waals surface area contributed by atoms with Crippen molar-refractivity contribution in [1.29, 1.82) is 0 Å². The summed E-state index contributed by atoms with van der Waals surface area (Å²) in [6, 6.07) is 9.20. The first-order chi connectivity index (χ1) is 30.5. The lowest BCUT2D eigenvalue weighted by Gasteiger charge is -2.41. The molecule has 19 heteroatoms. The van der Waals surface area contributed by atoms with Gasteiger partial charge in [-0.05, 0) is 111 Å². The molecule has 1 amide bonds. The van der Waals surface area contributed by atoms with Gasteiger partial charge in [0.15, 0.2) is 47.3 Å². The van der Waals surface area contributed by atoms with Crippen molar-refractivity contribution in [1.82, 2.24) is 5.32 Å². The molecule has 0 saturated carbocycles. The predicted octanol–water partition coefficient (Wildman–Crippen LogP) is 8.27. The fourth-order valence-corrected chi connectivity index (χ4v) is 10.2. The van der Waals surface area contributed by atoms with Gasteiger partial charge in [0.05, 0.1) is 37.3 Å². The Morgan fingerprint density at radius 2 is 1.69 bits per heavy atom. The van der Waals surface area contributed by atoms with E-state index < -0.39 is 82.9 Å². The Morgan fingerprint density at radius 1 is 1.02 bits per heavy atom. The highest BCUT2D eigenvalue weighted by Crippen LogP contribution is 2.46. The van der Waals surface area contributed by atoms with Crippen molar-refractivity contribution in [2.24, 2.45) is 0 Å². The maximum atomic E-state index is 14.1. The number of ether oxygens (including phenoxy) is 9. The minimum atomic E-state index is -2.71. The monoisotopic (exact) mass is 1070 g/mol. The summed E-state index contributed by atoms with van der Waals surface area (Å²) in [4.78, 5) is 41.3. The molecular weight excluding hydrogens is 1010 g/mol. The van der Waals surface area contributed by atoms with Crippen LogP contribution in [0.2, 0.25) is 44.3 Å². The molecule has 3 aliphatic rings. The van der Waals surface area contributed by atoms with Gasteiger partial charge in [0.1, 0.15) is 36.5 Å². The van der Waals surface area contributed by atoms with Crippen molar-refractivity contribution < 1.29 is 65.9 Å². The molecule has 0 fully saturated rings. The van der Waals surface area contributed by atoms with E-state index in [-0.39, 0.29) is 43.1 Å². The van der Waals surface area contributed by atoms with Crippen LogP contribution in [-0.4, -0.2) is 112 Å². The Balaban J connectivity index is 2.08. The number of carbonyl (C=O) groups excluding carboxylic acids is 3. The number of carbonyl (C=O) groups is 3. The van der Waals surface area contributed by atoms with Gasteiger partial charge in [-0.1, -0.05) is 35.6 Å². The third-order valence-electron chi connectivity index (χ3n) is 9.40. The van der Waals surface area contributed by atoms with E-state index in [1.165, 1.54) is 14.2 Å². The van der Waals surface area contributed by atoms with Crippen molar-refractivity contribution in [2.75, 3.05) is 41.5 Å². The summed E-state index contributed by atoms with van der Waals surface area (Å²) in [7, 11) is -0.769. The van der Waals surface area contributed by atoms with Gasteiger partial charge >= 0.3 is 12.1 Å². The number of hydrogen-bond donors (Lipinski definition) is 1. The van der Waals surface area contributed by atoms with E-state index in [0.29, 0.717) is 23.2 Å². The molecule has 65 heavy (non-hydrogen) atoms. The predicted molar refractivity (Wildman–Crippen MR) is 257 cm³/mol. The summed E-state index contributed by atoms with van der Waals surface area (Å²) in [5.74, 6) is 9.67. The smallest absolute Gasteiger partial charge is 0.408 e. The van der Waals surface area contributed by atoms with E-state index in [1.54, 1.807) is 58.2 Å². The Labute approximate surface area is 403 Å². The normalized spacial score (nSPS) is 23.8. The molecule has 2 heterocycles. The van der Waals surface area contributed by atoms with Crippen LogP contribution in [0.5, 0.6) is 17.2 Å². The first-order valence-corrected chi connectivity index (χ1v) is 29.1. The number of esters is 1. The molecule has 2 unspecified atom stereocenters. The molecule has 1 aliphatic carbocycles. The maximum Gasteiger partial charge on any atom is 0.408 e. The molecule has 2 aromatic carbocycles. The van der Waals surface area contributed by atoms with Crippen molar-refractivity contribution >= 4 is 69.2 Å². The summed E-state index contributed by atoms with van der Waals surface area (Å²) >= 11 is 9.05. The van der Waals surface area contributed by atoms with Gasteiger partial charge in [0, 0.05) is 48.8 Å². The first kappa shape index (κ1) is 53.9. The van der Waals surface area contributed by atoms with E-state index in [0.717, 1.165) is 5.56 Å². The Bertz CT molecular complexity index is 2130. The van der Waals surface area contributed by atoms with Gasteiger partial charge in [0.2, 0.25) is 5.60 Å². The highest BCUT2D eigenvalue weighted by molar-refractivity contribution is 14.1. The van der Waals surface area contributed by atoms with Gasteiger partial charge < -0.3 is 56.8 Å². The van der Waals surface area contributed by atoms with Crippen molar-refractivity contribution in [2.45, 2.75) is 121 Å². The van der Waals surface area contributed by atoms with Crippen LogP contribution in [0.3, 0.4) is 0 Å². The quantitative estimate of drug-likeness (QED) is 0.0427. The average molecular weight is 1070 g/mol. The van der Waals surface area contributed by atoms with Crippen molar-refractivity contribution in [3.63, 3.8) is 0 Å². The summed E-state index contributed by atoms with van der Waals surface area (Å²) in [5.41, 5.74) is -2.91. The first-order valence-electron chi connectivity index (χ1n) is 20.8. The fourth-order valence-electron chi connectivity index (χ4n) is 6.97. The van der Waals surface area contributed by atoms with Gasteiger partial charge in [0.25, 0.3) is 0 Å². The standard InChI is InChI=1S/C46H61ClINO14Si2/c1-44(2,3)61-43(52)49-37-24-41(51)57-27-40(56-26-31-13-15-34(55-6)16-14-31)45(28-50,62-64(7,8)9)19-17-33-23-35(58-29-53-4)25-46(33,63-65(10,11)12)39(18-20-48)60-42-36(47)21-32(37)22-38(42)59-30-54-5/h13-16,21-23,28,35,37,39-40H,24-27,29-30H2,1-12H3,(H,49,52)/t35?,37-,39-,40+,45?,46-/m1/s1. The number of aldehydes is 1. The Kier molecular flexibility index (Phi) is 19.4. The SMILES string of the molecule is COCOc1cc2cc(Cl)c1O[C@H](C#CI)[C@@]1(O[Si](C)(C)C)CC(OCOC)C=C1C#CC(C=O)(O[Si](C)(C)C)[C@@H](OCc1ccc(OC)cc1)COC(=O)C[C@H]2NC(=O)OC(C)(C)C. The number of methoxy groups -OCH3 is 3. The van der Waals surface area contributed by atoms with E-state index in [4.69, 9.17) is 63.1 Å². The number of amides is 1. The highest BCUT2D eigenvalue weighted by Gasteiger charge is 2.53. The largest absolute Gasteiger partial charge is 0.497 e. The summed E-state index contributed by atoms with van der Waals surface area (Å²) in [6.07, 6.45) is -1.77. The van der Waals surface area contributed by atoms with Crippen molar-refractivity contribution in [3.05, 3.63) is 64.2 Å². The zero-order valence-corrected chi connectivity index (χ0v) is 44.1. The molecule has 6 atom stereocenters. The van der Waals surface area contributed by atoms with E-state index in [1.807, 2.05) is 74.0 Å². The highest BCUT2D eigenvalue weighted by atomic mass is 127. The Hall–Kier alpha value is -3.68. The number of alkyl carbamates (subject to hydrolysis) is 1. The van der Waals surface area contributed by atoms with Crippen LogP contribution < -0.4 is 19.5 Å². The van der Waals surface area contributed by atoms with Crippen molar-refractivity contribution in [3.8, 4) is 38.9 Å². The number of nitrogens with one attached hydrogen (secondary N) is 1. The third-order valence-corrected chi connectivity index (χ3v) is 11.9. The Morgan fingerprint density at radius 3 is 2.28 bits per heavy atom. The maximum absolute atomic E-state index is 14.1. The minimum absolute atomic E-state index is 0.0320. The van der Waals surface area contributed by atoms with E-state index in [9.17, 15) is 14.4 Å². The summed E-state index contributed by atoms with van der Waals surface area (Å²) in [5, 5.41) is 2.83. The van der Waals surface area contributed by atoms with Gasteiger partial charge in [-0.25, -0.2) is 4.79 Å². The average Bonchev–Trinajstić information content (AvgIpc) is 3.56. The van der Waals surface area contributed by atoms with Gasteiger partial charge in [-0.2, -0.15) is 0 Å². The van der Waals surface area contributed by atoms with Crippen LogP contribution in [0.15, 0.2) is 48.0 Å². The van der Waals surface area contributed by atoms with Crippen LogP contribution in [0, 0.1) is 21.7 Å². The molecule has 356 valence electrons. The molecule has 15 nitrogen and oxygen atoms in total. The molecule has 0 aromatic heterocycles. The van der Waals surface area contributed by atoms with E-state index in [2.05, 4.69) is 27.0 Å². The lowest BCUT2D eigenvalue weighted by Crippen LogP contribution is -2.55. The number of halogens is 2. The number of hydrogen-bond acceptors (Lipinski definition) is 14. The molecule has 2 aliphatic heterocycles. The molecule has 2 aromatic rings. The second-order valence-corrected chi connectivity index (χ2v) is 28.0. The van der Waals surface area contributed by atoms with Crippen LogP contribution >= 0.6 is 34.2 Å². The third kappa shape index (κ3) is 15.7. The molecule has 0 radical (unpaired) electrons. The summed E-state index contributed by atoms with van der Waals surface area (Å²) < 4.78 is 70.0. The molecular formula is C46H61ClINO14Si2. The second kappa shape index (κ2) is 23.4. The number of benzene rings is 2. The van der Waals surface area contributed by atoms with Gasteiger partial charge in [-0.3, -0.25) is 9.59 Å². The van der Waals surface area contributed by atoms with Gasteiger partial charge in [-0.15, -0.1) is 0 Å². The molecule has 0 spiro atoms. The van der Waals surface area contributed by atoms with Crippen LogP contribution in [0.1, 0.15) is 50.8 Å². The minimum Gasteiger partial charge on any atom is -0.497 e. The zero-order valence-electron chi connectivity index (χ0n) is 39.1.